The predicted octanol–water partition coefficient (Wildman–Crippen LogP) is -2.40. The van der Waals surface area contributed by atoms with Crippen molar-refractivity contribution >= 4 is 17.9 Å². The molecule has 11 heteroatoms. The molecular formula is C20H24O11. The molecule has 6 aliphatic rings. The Morgan fingerprint density at radius 2 is 1.58 bits per heavy atom. The summed E-state index contributed by atoms with van der Waals surface area (Å²) < 4.78 is 22.2. The summed E-state index contributed by atoms with van der Waals surface area (Å²) in [6.07, 6.45) is -9.69. The van der Waals surface area contributed by atoms with Crippen LogP contribution in [0.2, 0.25) is 0 Å². The van der Waals surface area contributed by atoms with Gasteiger partial charge in [0.05, 0.1) is 22.9 Å². The van der Waals surface area contributed by atoms with Crippen LogP contribution in [0.5, 0.6) is 0 Å². The lowest BCUT2D eigenvalue weighted by Crippen LogP contribution is -2.67. The van der Waals surface area contributed by atoms with E-state index in [1.807, 2.05) is 0 Å². The molecule has 0 aromatic rings. The lowest BCUT2D eigenvalue weighted by molar-refractivity contribution is -0.240. The number of carbonyl (C=O) groups is 3. The fourth-order valence-corrected chi connectivity index (χ4v) is 8.27. The summed E-state index contributed by atoms with van der Waals surface area (Å²) >= 11 is 0. The summed E-state index contributed by atoms with van der Waals surface area (Å²) in [6.45, 7) is 6.63. The van der Waals surface area contributed by atoms with Crippen LogP contribution in [-0.4, -0.2) is 86.3 Å². The molecule has 170 valence electrons. The van der Waals surface area contributed by atoms with Crippen molar-refractivity contribution in [3.05, 3.63) is 0 Å². The number of carbonyl (C=O) groups excluding carboxylic acids is 3. The zero-order valence-electron chi connectivity index (χ0n) is 17.3. The van der Waals surface area contributed by atoms with Gasteiger partial charge in [-0.15, -0.1) is 0 Å². The Morgan fingerprint density at radius 1 is 0.935 bits per heavy atom. The van der Waals surface area contributed by atoms with E-state index in [1.54, 1.807) is 20.8 Å². The minimum Gasteiger partial charge on any atom is -0.456 e. The molecule has 12 atom stereocenters. The van der Waals surface area contributed by atoms with E-state index in [0.29, 0.717) is 0 Å². The van der Waals surface area contributed by atoms with Gasteiger partial charge in [-0.1, -0.05) is 20.8 Å². The molecule has 4 aliphatic heterocycles. The second kappa shape index (κ2) is 4.91. The summed E-state index contributed by atoms with van der Waals surface area (Å²) in [4.78, 5) is 38.3. The number of aliphatic hydroxyl groups excluding tert-OH is 3. The highest BCUT2D eigenvalue weighted by Crippen LogP contribution is 2.84. The van der Waals surface area contributed by atoms with Gasteiger partial charge in [-0.2, -0.15) is 0 Å². The summed E-state index contributed by atoms with van der Waals surface area (Å²) in [5.74, 6) is -5.22. The highest BCUT2D eigenvalue weighted by Gasteiger charge is 3.05. The van der Waals surface area contributed by atoms with Gasteiger partial charge in [-0.25, -0.2) is 9.59 Å². The topological polar surface area (TPSA) is 169 Å². The van der Waals surface area contributed by atoms with Crippen LogP contribution >= 0.6 is 0 Å². The van der Waals surface area contributed by atoms with Gasteiger partial charge in [-0.3, -0.25) is 4.79 Å². The highest BCUT2D eigenvalue weighted by molar-refractivity contribution is 5.94. The van der Waals surface area contributed by atoms with Crippen LogP contribution in [0.3, 0.4) is 0 Å². The van der Waals surface area contributed by atoms with E-state index in [4.69, 9.17) is 18.9 Å². The molecule has 4 N–H and O–H groups in total. The Labute approximate surface area is 176 Å². The first-order chi connectivity index (χ1) is 14.3. The molecule has 0 radical (unpaired) electrons. The van der Waals surface area contributed by atoms with Crippen molar-refractivity contribution in [2.24, 2.45) is 28.1 Å². The largest absolute Gasteiger partial charge is 0.456 e. The van der Waals surface area contributed by atoms with E-state index in [-0.39, 0.29) is 0 Å². The number of esters is 3. The molecule has 4 heterocycles. The molecule has 0 bridgehead atoms. The Morgan fingerprint density at radius 3 is 2.19 bits per heavy atom. The molecule has 0 amide bonds. The molecule has 4 saturated heterocycles. The van der Waals surface area contributed by atoms with Crippen LogP contribution in [0, 0.1) is 28.1 Å². The molecule has 2 spiro atoms. The maximum absolute atomic E-state index is 13.4. The van der Waals surface area contributed by atoms with Crippen molar-refractivity contribution in [3.63, 3.8) is 0 Å². The van der Waals surface area contributed by atoms with Crippen LogP contribution in [0.1, 0.15) is 27.7 Å². The summed E-state index contributed by atoms with van der Waals surface area (Å²) in [5.41, 5.74) is -9.40. The van der Waals surface area contributed by atoms with Crippen molar-refractivity contribution in [3.8, 4) is 0 Å². The van der Waals surface area contributed by atoms with Gasteiger partial charge in [0.15, 0.2) is 17.8 Å². The molecule has 0 aromatic carbocycles. The zero-order valence-corrected chi connectivity index (χ0v) is 17.3. The number of aliphatic hydroxyl groups is 4. The third-order valence-corrected chi connectivity index (χ3v) is 8.95. The van der Waals surface area contributed by atoms with Crippen LogP contribution in [0.4, 0.5) is 0 Å². The fourth-order valence-electron chi connectivity index (χ4n) is 8.27. The van der Waals surface area contributed by atoms with E-state index >= 15 is 0 Å². The van der Waals surface area contributed by atoms with Crippen LogP contribution < -0.4 is 0 Å². The van der Waals surface area contributed by atoms with Gasteiger partial charge in [0, 0.05) is 5.92 Å². The van der Waals surface area contributed by atoms with Gasteiger partial charge < -0.3 is 39.4 Å². The first-order valence-corrected chi connectivity index (χ1v) is 10.3. The first-order valence-electron chi connectivity index (χ1n) is 10.3. The lowest BCUT2D eigenvalue weighted by Gasteiger charge is -2.47. The Balaban J connectivity index is 1.75. The standard InChI is InChI=1S/C20H24O11/c1-5-12(24)28-11-8(22)18-10-6(21)7(16(2,3)4)17(18)9(23)13(25)30-15(17)31-20(18,14(26)29-10)19(5,11)27/h5-11,15,21-23,27H,1-4H3/t5-,6-,7+,8?,9+,10-,11+,15+,17+,18+,19-,20+/m1/s1. The first kappa shape index (κ1) is 19.9. The van der Waals surface area contributed by atoms with Crippen molar-refractivity contribution in [1.29, 1.82) is 0 Å². The lowest BCUT2D eigenvalue weighted by atomic mass is 9.51. The molecule has 2 aliphatic carbocycles. The van der Waals surface area contributed by atoms with Gasteiger partial charge in [-0.05, 0) is 12.3 Å². The maximum atomic E-state index is 13.4. The maximum Gasteiger partial charge on any atom is 0.343 e. The van der Waals surface area contributed by atoms with E-state index in [2.05, 4.69) is 0 Å². The molecule has 1 unspecified atom stereocenters. The number of hydrogen-bond acceptors (Lipinski definition) is 11. The SMILES string of the molecule is C[C@@H]1C(=O)O[C@H]2C(O)[C@@]34[C@@H]5OC(=O)[C@@]3(O[C@@H]3OC(=O)[C@H](O)[C@@]34[C@H](C(C)(C)C)[C@H]5O)[C@@]12O. The van der Waals surface area contributed by atoms with Crippen LogP contribution in [-0.2, 0) is 33.3 Å². The van der Waals surface area contributed by atoms with Crippen LogP contribution in [0.25, 0.3) is 0 Å². The minimum absolute atomic E-state index is 0.792. The summed E-state index contributed by atoms with van der Waals surface area (Å²) in [5, 5.41) is 46.1. The van der Waals surface area contributed by atoms with Crippen LogP contribution in [0.15, 0.2) is 0 Å². The van der Waals surface area contributed by atoms with Crippen molar-refractivity contribution in [2.75, 3.05) is 0 Å². The smallest absolute Gasteiger partial charge is 0.343 e. The normalized spacial score (nSPS) is 61.0. The van der Waals surface area contributed by atoms with Gasteiger partial charge in [0.2, 0.25) is 11.9 Å². The molecular weight excluding hydrogens is 416 g/mol. The van der Waals surface area contributed by atoms with E-state index in [0.717, 1.165) is 0 Å². The summed E-state index contributed by atoms with van der Waals surface area (Å²) in [7, 11) is 0. The second-order valence-corrected chi connectivity index (χ2v) is 10.8. The molecule has 6 rings (SSSR count). The van der Waals surface area contributed by atoms with Crippen molar-refractivity contribution in [2.45, 2.75) is 75.7 Å². The summed E-state index contributed by atoms with van der Waals surface area (Å²) in [6, 6.07) is 0. The molecule has 6 fully saturated rings. The van der Waals surface area contributed by atoms with E-state index in [9.17, 15) is 34.8 Å². The average molecular weight is 440 g/mol. The average Bonchev–Trinajstić information content (AvgIpc) is 3.35. The Kier molecular flexibility index (Phi) is 3.15. The van der Waals surface area contributed by atoms with Gasteiger partial charge in [0.25, 0.3) is 0 Å². The molecule has 2 saturated carbocycles. The minimum atomic E-state index is -2.40. The highest BCUT2D eigenvalue weighted by atomic mass is 16.8. The second-order valence-electron chi connectivity index (χ2n) is 10.8. The monoisotopic (exact) mass is 440 g/mol. The molecule has 0 aromatic heterocycles. The Hall–Kier alpha value is -1.79. The van der Waals surface area contributed by atoms with Gasteiger partial charge >= 0.3 is 17.9 Å². The van der Waals surface area contributed by atoms with Gasteiger partial charge in [0.1, 0.15) is 12.2 Å². The number of rotatable bonds is 0. The predicted molar refractivity (Wildman–Crippen MR) is 93.4 cm³/mol. The van der Waals surface area contributed by atoms with Crippen molar-refractivity contribution < 1.29 is 53.8 Å². The third-order valence-electron chi connectivity index (χ3n) is 8.95. The number of hydrogen-bond donors (Lipinski definition) is 4. The third kappa shape index (κ3) is 1.43. The number of ether oxygens (including phenoxy) is 4. The quantitative estimate of drug-likeness (QED) is 0.234. The van der Waals surface area contributed by atoms with Crippen molar-refractivity contribution in [1.82, 2.24) is 0 Å². The zero-order chi connectivity index (χ0) is 22.7. The van der Waals surface area contributed by atoms with E-state index < -0.39 is 94.0 Å². The number of fused-ring (bicyclic) bond motifs is 1. The fraction of sp³-hybridized carbons (Fsp3) is 0.850. The Bertz CT molecular complexity index is 957. The molecule has 11 nitrogen and oxygen atoms in total. The molecule has 31 heavy (non-hydrogen) atoms. The van der Waals surface area contributed by atoms with E-state index in [1.165, 1.54) is 6.92 Å².